The van der Waals surface area contributed by atoms with E-state index in [4.69, 9.17) is 23.2 Å². The van der Waals surface area contributed by atoms with Crippen LogP contribution >= 0.6 is 23.2 Å². The smallest absolute Gasteiger partial charge is 0.251 e. The van der Waals surface area contributed by atoms with Crippen LogP contribution in [0.4, 0.5) is 5.69 Å². The Hall–Kier alpha value is -2.11. The number of amides is 2. The summed E-state index contributed by atoms with van der Waals surface area (Å²) in [5.41, 5.74) is 1.74. The van der Waals surface area contributed by atoms with Gasteiger partial charge in [-0.05, 0) is 36.8 Å². The molecule has 1 aliphatic carbocycles. The van der Waals surface area contributed by atoms with Gasteiger partial charge in [-0.15, -0.1) is 23.2 Å². The zero-order valence-electron chi connectivity index (χ0n) is 12.6. The van der Waals surface area contributed by atoms with E-state index in [-0.39, 0.29) is 11.8 Å². The third kappa shape index (κ3) is 4.04. The van der Waals surface area contributed by atoms with Crippen LogP contribution in [0.25, 0.3) is 0 Å². The van der Waals surface area contributed by atoms with E-state index < -0.39 is 10.3 Å². The quantitative estimate of drug-likeness (QED) is 0.801. The van der Waals surface area contributed by atoms with Crippen LogP contribution in [0, 0.1) is 5.92 Å². The first kappa shape index (κ1) is 16.7. The molecule has 7 heteroatoms. The monoisotopic (exact) mass is 363 g/mol. The van der Waals surface area contributed by atoms with Crippen molar-refractivity contribution in [1.82, 2.24) is 10.3 Å². The third-order valence-corrected chi connectivity index (χ3v) is 4.53. The van der Waals surface area contributed by atoms with Gasteiger partial charge in [-0.3, -0.25) is 14.6 Å². The van der Waals surface area contributed by atoms with Crippen LogP contribution in [0.5, 0.6) is 0 Å². The van der Waals surface area contributed by atoms with E-state index in [0.29, 0.717) is 24.2 Å². The van der Waals surface area contributed by atoms with Gasteiger partial charge in [0.1, 0.15) is 4.33 Å². The lowest BCUT2D eigenvalue weighted by molar-refractivity contribution is -0.117. The molecule has 0 saturated heterocycles. The number of aromatic nitrogens is 1. The van der Waals surface area contributed by atoms with E-state index in [1.807, 2.05) is 18.2 Å². The Labute approximate surface area is 149 Å². The van der Waals surface area contributed by atoms with Crippen molar-refractivity contribution in [2.24, 2.45) is 5.92 Å². The molecule has 2 amide bonds. The molecule has 1 aromatic carbocycles. The highest BCUT2D eigenvalue weighted by Crippen LogP contribution is 2.53. The first-order chi connectivity index (χ1) is 11.5. The minimum Gasteiger partial charge on any atom is -0.346 e. The summed E-state index contributed by atoms with van der Waals surface area (Å²) in [6.45, 7) is 0.333. The second kappa shape index (κ2) is 6.79. The molecule has 0 spiro atoms. The van der Waals surface area contributed by atoms with Crippen molar-refractivity contribution in [3.8, 4) is 0 Å². The second-order valence-corrected chi connectivity index (χ2v) is 7.13. The maximum absolute atomic E-state index is 12.2. The van der Waals surface area contributed by atoms with E-state index in [2.05, 4.69) is 15.6 Å². The molecule has 1 fully saturated rings. The highest BCUT2D eigenvalue weighted by Gasteiger charge is 2.56. The van der Waals surface area contributed by atoms with Crippen molar-refractivity contribution in [2.75, 3.05) is 5.32 Å². The fraction of sp³-hybridized carbons (Fsp3) is 0.235. The molecule has 124 valence electrons. The number of nitrogens with one attached hydrogen (secondary N) is 2. The lowest BCUT2D eigenvalue weighted by Crippen LogP contribution is -2.23. The molecule has 1 saturated carbocycles. The summed E-state index contributed by atoms with van der Waals surface area (Å²) >= 11 is 11.8. The van der Waals surface area contributed by atoms with E-state index >= 15 is 0 Å². The number of carbonyl (C=O) groups excluding carboxylic acids is 2. The molecule has 5 nitrogen and oxygen atoms in total. The predicted molar refractivity (Wildman–Crippen MR) is 93.0 cm³/mol. The maximum Gasteiger partial charge on any atom is 0.251 e. The van der Waals surface area contributed by atoms with Gasteiger partial charge in [0.25, 0.3) is 5.91 Å². The lowest BCUT2D eigenvalue weighted by Gasteiger charge is -2.08. The van der Waals surface area contributed by atoms with Crippen LogP contribution in [-0.4, -0.2) is 21.1 Å². The Morgan fingerprint density at radius 1 is 1.21 bits per heavy atom. The van der Waals surface area contributed by atoms with Gasteiger partial charge in [-0.1, -0.05) is 12.1 Å². The Morgan fingerprint density at radius 2 is 2.00 bits per heavy atom. The molecule has 0 aliphatic heterocycles. The van der Waals surface area contributed by atoms with E-state index in [0.717, 1.165) is 5.69 Å². The molecule has 1 unspecified atom stereocenters. The predicted octanol–water partition coefficient (Wildman–Crippen LogP) is 3.14. The number of pyridine rings is 1. The number of rotatable bonds is 5. The van der Waals surface area contributed by atoms with Gasteiger partial charge in [0.2, 0.25) is 5.91 Å². The maximum atomic E-state index is 12.2. The van der Waals surface area contributed by atoms with Crippen LogP contribution in [0.15, 0.2) is 48.7 Å². The molecular formula is C17H15Cl2N3O2. The average molecular weight is 364 g/mol. The lowest BCUT2D eigenvalue weighted by atomic mass is 10.2. The number of benzene rings is 1. The van der Waals surface area contributed by atoms with Crippen molar-refractivity contribution >= 4 is 40.7 Å². The van der Waals surface area contributed by atoms with Crippen LogP contribution in [-0.2, 0) is 11.3 Å². The Balaban J connectivity index is 1.60. The van der Waals surface area contributed by atoms with E-state index in [1.165, 1.54) is 0 Å². The van der Waals surface area contributed by atoms with Crippen molar-refractivity contribution in [1.29, 1.82) is 0 Å². The van der Waals surface area contributed by atoms with Crippen LogP contribution in [0.2, 0.25) is 0 Å². The van der Waals surface area contributed by atoms with Crippen molar-refractivity contribution in [3.63, 3.8) is 0 Å². The zero-order chi connectivity index (χ0) is 17.2. The summed E-state index contributed by atoms with van der Waals surface area (Å²) in [4.78, 5) is 28.3. The molecule has 3 rings (SSSR count). The molecule has 0 radical (unpaired) electrons. The molecule has 2 N–H and O–H groups in total. The van der Waals surface area contributed by atoms with Gasteiger partial charge in [-0.25, -0.2) is 0 Å². The van der Waals surface area contributed by atoms with E-state index in [1.54, 1.807) is 30.5 Å². The van der Waals surface area contributed by atoms with Crippen LogP contribution in [0.3, 0.4) is 0 Å². The van der Waals surface area contributed by atoms with Gasteiger partial charge in [-0.2, -0.15) is 0 Å². The normalized spacial score (nSPS) is 17.8. The third-order valence-electron chi connectivity index (χ3n) is 3.69. The highest BCUT2D eigenvalue weighted by molar-refractivity contribution is 6.52. The Bertz CT molecular complexity index is 765. The van der Waals surface area contributed by atoms with E-state index in [9.17, 15) is 9.59 Å². The summed E-state index contributed by atoms with van der Waals surface area (Å²) in [6.07, 6.45) is 2.11. The van der Waals surface area contributed by atoms with Gasteiger partial charge in [0.15, 0.2) is 0 Å². The first-order valence-corrected chi connectivity index (χ1v) is 8.18. The highest BCUT2D eigenvalue weighted by atomic mass is 35.5. The van der Waals surface area contributed by atoms with Gasteiger partial charge < -0.3 is 10.6 Å². The average Bonchev–Trinajstić information content (AvgIpc) is 3.22. The molecule has 0 bridgehead atoms. The van der Waals surface area contributed by atoms with Gasteiger partial charge in [0, 0.05) is 17.4 Å². The zero-order valence-corrected chi connectivity index (χ0v) is 14.1. The van der Waals surface area contributed by atoms with Gasteiger partial charge in [0.05, 0.1) is 18.2 Å². The molecule has 1 atom stereocenters. The molecule has 1 aliphatic rings. The number of halogens is 2. The minimum atomic E-state index is -0.970. The summed E-state index contributed by atoms with van der Waals surface area (Å²) in [5, 5.41) is 5.52. The summed E-state index contributed by atoms with van der Waals surface area (Å²) in [6, 6.07) is 12.2. The summed E-state index contributed by atoms with van der Waals surface area (Å²) < 4.78 is -0.970. The number of carbonyl (C=O) groups is 2. The summed E-state index contributed by atoms with van der Waals surface area (Å²) in [5.74, 6) is -0.902. The molecule has 2 aromatic rings. The molecule has 1 aromatic heterocycles. The van der Waals surface area contributed by atoms with Crippen molar-refractivity contribution in [3.05, 3.63) is 59.9 Å². The molecule has 24 heavy (non-hydrogen) atoms. The number of alkyl halides is 2. The topological polar surface area (TPSA) is 71.1 Å². The second-order valence-electron chi connectivity index (χ2n) is 5.59. The number of hydrogen-bond donors (Lipinski definition) is 2. The van der Waals surface area contributed by atoms with Crippen molar-refractivity contribution < 1.29 is 9.59 Å². The Morgan fingerprint density at radius 3 is 2.67 bits per heavy atom. The first-order valence-electron chi connectivity index (χ1n) is 7.42. The van der Waals surface area contributed by atoms with Crippen LogP contribution < -0.4 is 10.6 Å². The molecule has 1 heterocycles. The molecular weight excluding hydrogens is 349 g/mol. The number of nitrogens with zero attached hydrogens (tertiary/aromatic N) is 1. The fourth-order valence-corrected chi connectivity index (χ4v) is 2.75. The largest absolute Gasteiger partial charge is 0.346 e. The minimum absolute atomic E-state index is 0.243. The van der Waals surface area contributed by atoms with Crippen LogP contribution in [0.1, 0.15) is 22.5 Å². The SMILES string of the molecule is O=C(NCc1ccccn1)c1cccc(NC(=O)C2CC2(Cl)Cl)c1. The number of anilines is 1. The standard InChI is InChI=1S/C17H15Cl2N3O2/c18-17(19)9-14(17)16(24)22-12-6-3-4-11(8-12)15(23)21-10-13-5-1-2-7-20-13/h1-8,14H,9-10H2,(H,21,23)(H,22,24). The fourth-order valence-electron chi connectivity index (χ4n) is 2.24. The Kier molecular flexibility index (Phi) is 4.73. The number of hydrogen-bond acceptors (Lipinski definition) is 3. The van der Waals surface area contributed by atoms with Gasteiger partial charge >= 0.3 is 0 Å². The summed E-state index contributed by atoms with van der Waals surface area (Å²) in [7, 11) is 0. The van der Waals surface area contributed by atoms with Crippen molar-refractivity contribution in [2.45, 2.75) is 17.3 Å².